The minimum Gasteiger partial charge on any atom is -0.435 e. The lowest BCUT2D eigenvalue weighted by molar-refractivity contribution is -0.0127. The van der Waals surface area contributed by atoms with Gasteiger partial charge in [0.2, 0.25) is 0 Å². The second-order valence-electron chi connectivity index (χ2n) is 3.04. The molecule has 0 aliphatic heterocycles. The molecule has 0 amide bonds. The Labute approximate surface area is 73.4 Å². The van der Waals surface area contributed by atoms with Gasteiger partial charge in [-0.15, -0.1) is 6.58 Å². The van der Waals surface area contributed by atoms with Crippen LogP contribution in [0.3, 0.4) is 0 Å². The number of carbonyl (C=O) groups is 1. The lowest BCUT2D eigenvalue weighted by Gasteiger charge is -2.22. The average molecular weight is 172 g/mol. The summed E-state index contributed by atoms with van der Waals surface area (Å²) >= 11 is 0. The second kappa shape index (κ2) is 4.80. The molecule has 0 atom stereocenters. The molecule has 0 N–H and O–H groups in total. The summed E-state index contributed by atoms with van der Waals surface area (Å²) < 4.78 is 9.61. The fraction of sp³-hybridized carbons (Fsp3) is 0.667. The standard InChI is InChI=1S/C9H16O3/c1-5-7-9(3,4)12-8(10)11-6-2/h5H,1,6-7H2,2-4H3. The first-order valence-corrected chi connectivity index (χ1v) is 3.98. The van der Waals surface area contributed by atoms with Crippen LogP contribution in [0.1, 0.15) is 27.2 Å². The summed E-state index contributed by atoms with van der Waals surface area (Å²) in [6.45, 7) is 9.26. The van der Waals surface area contributed by atoms with Crippen LogP contribution in [0.25, 0.3) is 0 Å². The lowest BCUT2D eigenvalue weighted by atomic mass is 10.1. The van der Waals surface area contributed by atoms with Crippen molar-refractivity contribution in [1.29, 1.82) is 0 Å². The van der Waals surface area contributed by atoms with Crippen LogP contribution >= 0.6 is 0 Å². The predicted octanol–water partition coefficient (Wildman–Crippen LogP) is 2.51. The van der Waals surface area contributed by atoms with Gasteiger partial charge in [0.25, 0.3) is 0 Å². The first-order valence-electron chi connectivity index (χ1n) is 3.98. The van der Waals surface area contributed by atoms with E-state index in [1.807, 2.05) is 13.8 Å². The normalized spacial score (nSPS) is 10.6. The van der Waals surface area contributed by atoms with Crippen LogP contribution in [-0.4, -0.2) is 18.4 Å². The van der Waals surface area contributed by atoms with Crippen LogP contribution in [0.5, 0.6) is 0 Å². The Bertz CT molecular complexity index is 161. The van der Waals surface area contributed by atoms with Gasteiger partial charge in [-0.1, -0.05) is 6.08 Å². The molecule has 3 heteroatoms. The maximum absolute atomic E-state index is 10.9. The summed E-state index contributed by atoms with van der Waals surface area (Å²) in [5.41, 5.74) is -0.520. The molecule has 0 aliphatic carbocycles. The summed E-state index contributed by atoms with van der Waals surface area (Å²) in [6, 6.07) is 0. The minimum absolute atomic E-state index is 0.336. The van der Waals surface area contributed by atoms with Crippen LogP contribution in [0, 0.1) is 0 Å². The second-order valence-corrected chi connectivity index (χ2v) is 3.04. The van der Waals surface area contributed by atoms with Crippen LogP contribution in [0.2, 0.25) is 0 Å². The van der Waals surface area contributed by atoms with Crippen molar-refractivity contribution in [2.75, 3.05) is 6.61 Å². The Morgan fingerprint density at radius 2 is 2.17 bits per heavy atom. The average Bonchev–Trinajstić information content (AvgIpc) is 1.85. The van der Waals surface area contributed by atoms with Crippen LogP contribution in [0.15, 0.2) is 12.7 Å². The van der Waals surface area contributed by atoms with E-state index in [0.29, 0.717) is 13.0 Å². The van der Waals surface area contributed by atoms with E-state index in [1.54, 1.807) is 13.0 Å². The maximum Gasteiger partial charge on any atom is 0.508 e. The van der Waals surface area contributed by atoms with Gasteiger partial charge >= 0.3 is 6.16 Å². The van der Waals surface area contributed by atoms with Crippen molar-refractivity contribution < 1.29 is 14.3 Å². The molecule has 0 aromatic carbocycles. The topological polar surface area (TPSA) is 35.5 Å². The van der Waals surface area contributed by atoms with E-state index in [0.717, 1.165) is 0 Å². The Balaban J connectivity index is 3.87. The van der Waals surface area contributed by atoms with Gasteiger partial charge in [0.15, 0.2) is 0 Å². The zero-order valence-electron chi connectivity index (χ0n) is 7.92. The van der Waals surface area contributed by atoms with Crippen molar-refractivity contribution in [3.8, 4) is 0 Å². The van der Waals surface area contributed by atoms with E-state index in [1.165, 1.54) is 0 Å². The Hall–Kier alpha value is -0.990. The predicted molar refractivity (Wildman–Crippen MR) is 47.0 cm³/mol. The smallest absolute Gasteiger partial charge is 0.435 e. The third kappa shape index (κ3) is 4.77. The summed E-state index contributed by atoms with van der Waals surface area (Å²) in [5.74, 6) is 0. The maximum atomic E-state index is 10.9. The van der Waals surface area contributed by atoms with E-state index in [-0.39, 0.29) is 0 Å². The molecular formula is C9H16O3. The van der Waals surface area contributed by atoms with Gasteiger partial charge in [0.1, 0.15) is 5.60 Å². The summed E-state index contributed by atoms with van der Waals surface area (Å²) in [4.78, 5) is 10.9. The summed E-state index contributed by atoms with van der Waals surface area (Å²) in [6.07, 6.45) is 1.70. The van der Waals surface area contributed by atoms with E-state index < -0.39 is 11.8 Å². The highest BCUT2D eigenvalue weighted by Gasteiger charge is 2.21. The van der Waals surface area contributed by atoms with Crippen molar-refractivity contribution in [1.82, 2.24) is 0 Å². The van der Waals surface area contributed by atoms with Gasteiger partial charge < -0.3 is 9.47 Å². The number of hydrogen-bond acceptors (Lipinski definition) is 3. The molecule has 0 saturated carbocycles. The van der Waals surface area contributed by atoms with Crippen molar-refractivity contribution in [3.05, 3.63) is 12.7 Å². The first-order chi connectivity index (χ1) is 5.52. The Morgan fingerprint density at radius 3 is 2.58 bits per heavy atom. The van der Waals surface area contributed by atoms with Gasteiger partial charge in [-0.05, 0) is 20.8 Å². The molecule has 12 heavy (non-hydrogen) atoms. The van der Waals surface area contributed by atoms with Gasteiger partial charge in [-0.25, -0.2) is 4.79 Å². The Morgan fingerprint density at radius 1 is 1.58 bits per heavy atom. The highest BCUT2D eigenvalue weighted by molar-refractivity contribution is 5.60. The fourth-order valence-corrected chi connectivity index (χ4v) is 0.762. The third-order valence-corrected chi connectivity index (χ3v) is 1.26. The largest absolute Gasteiger partial charge is 0.508 e. The molecule has 0 heterocycles. The zero-order valence-corrected chi connectivity index (χ0v) is 7.92. The monoisotopic (exact) mass is 172 g/mol. The molecule has 0 aromatic heterocycles. The minimum atomic E-state index is -0.621. The number of hydrogen-bond donors (Lipinski definition) is 0. The highest BCUT2D eigenvalue weighted by Crippen LogP contribution is 2.15. The van der Waals surface area contributed by atoms with Gasteiger partial charge in [0.05, 0.1) is 6.61 Å². The van der Waals surface area contributed by atoms with E-state index >= 15 is 0 Å². The molecule has 0 aliphatic rings. The van der Waals surface area contributed by atoms with Gasteiger partial charge in [0, 0.05) is 6.42 Å². The highest BCUT2D eigenvalue weighted by atomic mass is 16.7. The van der Waals surface area contributed by atoms with Crippen molar-refractivity contribution in [2.45, 2.75) is 32.8 Å². The van der Waals surface area contributed by atoms with Gasteiger partial charge in [-0.2, -0.15) is 0 Å². The van der Waals surface area contributed by atoms with Crippen LogP contribution < -0.4 is 0 Å². The molecule has 0 fully saturated rings. The van der Waals surface area contributed by atoms with E-state index in [9.17, 15) is 4.79 Å². The molecule has 3 nitrogen and oxygen atoms in total. The number of rotatable bonds is 4. The third-order valence-electron chi connectivity index (χ3n) is 1.26. The lowest BCUT2D eigenvalue weighted by Crippen LogP contribution is -2.27. The fourth-order valence-electron chi connectivity index (χ4n) is 0.762. The quantitative estimate of drug-likeness (QED) is 0.483. The molecule has 0 saturated heterocycles. The van der Waals surface area contributed by atoms with Crippen LogP contribution in [-0.2, 0) is 9.47 Å². The van der Waals surface area contributed by atoms with Crippen molar-refractivity contribution >= 4 is 6.16 Å². The summed E-state index contributed by atoms with van der Waals surface area (Å²) in [5, 5.41) is 0. The molecule has 0 unspecified atom stereocenters. The SMILES string of the molecule is C=CCC(C)(C)OC(=O)OCC. The molecule has 0 radical (unpaired) electrons. The van der Waals surface area contributed by atoms with E-state index in [2.05, 4.69) is 11.3 Å². The molecule has 0 bridgehead atoms. The Kier molecular flexibility index (Phi) is 4.40. The zero-order chi connectivity index (χ0) is 9.61. The van der Waals surface area contributed by atoms with Gasteiger partial charge in [-0.3, -0.25) is 0 Å². The van der Waals surface area contributed by atoms with Crippen molar-refractivity contribution in [3.63, 3.8) is 0 Å². The van der Waals surface area contributed by atoms with E-state index in [4.69, 9.17) is 4.74 Å². The number of ether oxygens (including phenoxy) is 2. The molecule has 0 aromatic rings. The first kappa shape index (κ1) is 11.0. The summed E-state index contributed by atoms with van der Waals surface area (Å²) in [7, 11) is 0. The molecular weight excluding hydrogens is 156 g/mol. The number of carbonyl (C=O) groups excluding carboxylic acids is 1. The molecule has 0 spiro atoms. The molecule has 70 valence electrons. The molecule has 0 rings (SSSR count). The van der Waals surface area contributed by atoms with Crippen molar-refractivity contribution in [2.24, 2.45) is 0 Å². The van der Waals surface area contributed by atoms with Crippen LogP contribution in [0.4, 0.5) is 4.79 Å².